The summed E-state index contributed by atoms with van der Waals surface area (Å²) >= 11 is 0. The normalized spacial score (nSPS) is 31.7. The number of benzene rings is 1. The van der Waals surface area contributed by atoms with E-state index in [-0.39, 0.29) is 23.9 Å². The quantitative estimate of drug-likeness (QED) is 0.775. The fourth-order valence-corrected chi connectivity index (χ4v) is 4.36. The molecule has 24 heavy (non-hydrogen) atoms. The Hall–Kier alpha value is -2.15. The average Bonchev–Trinajstić information content (AvgIpc) is 3.18. The summed E-state index contributed by atoms with van der Waals surface area (Å²) in [5, 5.41) is 0. The van der Waals surface area contributed by atoms with Crippen molar-refractivity contribution in [2.75, 3.05) is 26.2 Å². The second-order valence-electron chi connectivity index (χ2n) is 6.90. The Morgan fingerprint density at radius 2 is 2.17 bits per heavy atom. The van der Waals surface area contributed by atoms with Crippen molar-refractivity contribution in [2.45, 2.75) is 31.0 Å². The lowest BCUT2D eigenvalue weighted by molar-refractivity contribution is 0.139. The molecular formula is C17H20FN5O. The number of hydrogen-bond donors (Lipinski definition) is 1. The molecule has 126 valence electrons. The van der Waals surface area contributed by atoms with Gasteiger partial charge in [0.05, 0.1) is 0 Å². The molecule has 0 aromatic heterocycles. The van der Waals surface area contributed by atoms with Crippen LogP contribution in [-0.4, -0.2) is 59.9 Å². The SMILES string of the molecule is NC1=NC2c3cc(F)ccc3OC2C(N2CCN3CCCC3C2)=N1. The number of piperazine rings is 1. The molecule has 5 rings (SSSR count). The fourth-order valence-electron chi connectivity index (χ4n) is 4.36. The first-order chi connectivity index (χ1) is 11.7. The van der Waals surface area contributed by atoms with Gasteiger partial charge in [0.15, 0.2) is 11.9 Å². The molecule has 0 bridgehead atoms. The molecule has 4 aliphatic rings. The lowest BCUT2D eigenvalue weighted by atomic mass is 10.0. The molecule has 4 heterocycles. The van der Waals surface area contributed by atoms with Crippen LogP contribution in [0.4, 0.5) is 4.39 Å². The Kier molecular flexibility index (Phi) is 3.06. The van der Waals surface area contributed by atoms with Gasteiger partial charge < -0.3 is 15.4 Å². The van der Waals surface area contributed by atoms with Crippen LogP contribution >= 0.6 is 0 Å². The maximum Gasteiger partial charge on any atom is 0.217 e. The van der Waals surface area contributed by atoms with Crippen LogP contribution < -0.4 is 10.5 Å². The summed E-state index contributed by atoms with van der Waals surface area (Å²) in [5.74, 6) is 1.49. The Morgan fingerprint density at radius 1 is 1.25 bits per heavy atom. The van der Waals surface area contributed by atoms with E-state index in [1.165, 1.54) is 31.5 Å². The van der Waals surface area contributed by atoms with E-state index >= 15 is 0 Å². The molecule has 2 fully saturated rings. The average molecular weight is 329 g/mol. The predicted molar refractivity (Wildman–Crippen MR) is 88.8 cm³/mol. The third-order valence-corrected chi connectivity index (χ3v) is 5.50. The van der Waals surface area contributed by atoms with Crippen LogP contribution in [0, 0.1) is 5.82 Å². The van der Waals surface area contributed by atoms with Crippen LogP contribution in [0.5, 0.6) is 5.75 Å². The number of nitrogens with zero attached hydrogens (tertiary/aromatic N) is 4. The molecular weight excluding hydrogens is 309 g/mol. The van der Waals surface area contributed by atoms with Gasteiger partial charge in [0.25, 0.3) is 0 Å². The van der Waals surface area contributed by atoms with Crippen LogP contribution in [-0.2, 0) is 0 Å². The molecule has 1 aromatic rings. The van der Waals surface area contributed by atoms with E-state index in [4.69, 9.17) is 10.5 Å². The number of fused-ring (bicyclic) bond motifs is 4. The zero-order chi connectivity index (χ0) is 16.3. The second-order valence-corrected chi connectivity index (χ2v) is 6.90. The highest BCUT2D eigenvalue weighted by Crippen LogP contribution is 2.42. The fraction of sp³-hybridized carbons (Fsp3) is 0.529. The van der Waals surface area contributed by atoms with Gasteiger partial charge in [-0.25, -0.2) is 9.38 Å². The number of hydrogen-bond acceptors (Lipinski definition) is 6. The van der Waals surface area contributed by atoms with Crippen molar-refractivity contribution in [1.29, 1.82) is 0 Å². The molecule has 0 aliphatic carbocycles. The highest BCUT2D eigenvalue weighted by atomic mass is 19.1. The summed E-state index contributed by atoms with van der Waals surface area (Å²) in [4.78, 5) is 13.8. The van der Waals surface area contributed by atoms with Gasteiger partial charge >= 0.3 is 0 Å². The van der Waals surface area contributed by atoms with Crippen LogP contribution in [0.1, 0.15) is 24.4 Å². The predicted octanol–water partition coefficient (Wildman–Crippen LogP) is 1.13. The molecule has 0 spiro atoms. The lowest BCUT2D eigenvalue weighted by Crippen LogP contribution is -2.56. The third-order valence-electron chi connectivity index (χ3n) is 5.50. The summed E-state index contributed by atoms with van der Waals surface area (Å²) in [6.45, 7) is 4.10. The molecule has 0 amide bonds. The Labute approximate surface area is 139 Å². The summed E-state index contributed by atoms with van der Waals surface area (Å²) in [6.07, 6.45) is 2.19. The molecule has 7 heteroatoms. The molecule has 0 radical (unpaired) electrons. The number of rotatable bonds is 0. The van der Waals surface area contributed by atoms with E-state index in [1.54, 1.807) is 6.07 Å². The molecule has 2 N–H and O–H groups in total. The van der Waals surface area contributed by atoms with Crippen LogP contribution in [0.15, 0.2) is 28.2 Å². The van der Waals surface area contributed by atoms with E-state index in [9.17, 15) is 4.39 Å². The van der Waals surface area contributed by atoms with Crippen LogP contribution in [0.3, 0.4) is 0 Å². The van der Waals surface area contributed by atoms with E-state index in [1.807, 2.05) is 0 Å². The zero-order valence-electron chi connectivity index (χ0n) is 13.4. The van der Waals surface area contributed by atoms with Gasteiger partial charge in [0, 0.05) is 31.2 Å². The molecule has 3 unspecified atom stereocenters. The monoisotopic (exact) mass is 329 g/mol. The summed E-state index contributed by atoms with van der Waals surface area (Å²) in [7, 11) is 0. The van der Waals surface area contributed by atoms with E-state index in [0.29, 0.717) is 11.8 Å². The number of aliphatic imine (C=N–C) groups is 2. The van der Waals surface area contributed by atoms with Crippen molar-refractivity contribution in [2.24, 2.45) is 15.7 Å². The van der Waals surface area contributed by atoms with Crippen molar-refractivity contribution >= 4 is 11.8 Å². The van der Waals surface area contributed by atoms with Gasteiger partial charge in [-0.3, -0.25) is 4.90 Å². The largest absolute Gasteiger partial charge is 0.479 e. The smallest absolute Gasteiger partial charge is 0.217 e. The van der Waals surface area contributed by atoms with E-state index < -0.39 is 0 Å². The van der Waals surface area contributed by atoms with Crippen molar-refractivity contribution in [3.05, 3.63) is 29.6 Å². The number of nitrogens with two attached hydrogens (primary N) is 1. The summed E-state index contributed by atoms with van der Waals surface area (Å²) in [6, 6.07) is 4.86. The molecule has 6 nitrogen and oxygen atoms in total. The first kappa shape index (κ1) is 14.2. The van der Waals surface area contributed by atoms with Gasteiger partial charge in [-0.05, 0) is 37.6 Å². The zero-order valence-corrected chi connectivity index (χ0v) is 13.4. The highest BCUT2D eigenvalue weighted by Gasteiger charge is 2.44. The number of ether oxygens (including phenoxy) is 1. The van der Waals surface area contributed by atoms with Gasteiger partial charge in [-0.2, -0.15) is 4.99 Å². The first-order valence-electron chi connectivity index (χ1n) is 8.56. The van der Waals surface area contributed by atoms with Crippen molar-refractivity contribution in [3.63, 3.8) is 0 Å². The number of guanidine groups is 1. The highest BCUT2D eigenvalue weighted by molar-refractivity contribution is 6.01. The summed E-state index contributed by atoms with van der Waals surface area (Å²) in [5.41, 5.74) is 6.72. The van der Waals surface area contributed by atoms with Gasteiger partial charge in [0.1, 0.15) is 17.6 Å². The second kappa shape index (κ2) is 5.17. The molecule has 2 saturated heterocycles. The van der Waals surface area contributed by atoms with E-state index in [0.717, 1.165) is 31.0 Å². The topological polar surface area (TPSA) is 66.5 Å². The third kappa shape index (κ3) is 2.11. The summed E-state index contributed by atoms with van der Waals surface area (Å²) < 4.78 is 19.7. The van der Waals surface area contributed by atoms with Gasteiger partial charge in [-0.15, -0.1) is 0 Å². The van der Waals surface area contributed by atoms with Crippen LogP contribution in [0.25, 0.3) is 0 Å². The minimum absolute atomic E-state index is 0.251. The Morgan fingerprint density at radius 3 is 3.08 bits per heavy atom. The molecule has 3 atom stereocenters. The number of halogens is 1. The minimum atomic E-state index is -0.304. The maximum absolute atomic E-state index is 13.6. The Balaban J connectivity index is 1.46. The first-order valence-corrected chi connectivity index (χ1v) is 8.56. The molecule has 0 saturated carbocycles. The lowest BCUT2D eigenvalue weighted by Gasteiger charge is -2.41. The molecule has 1 aromatic carbocycles. The van der Waals surface area contributed by atoms with Crippen molar-refractivity contribution in [1.82, 2.24) is 9.80 Å². The van der Waals surface area contributed by atoms with Crippen molar-refractivity contribution in [3.8, 4) is 5.75 Å². The minimum Gasteiger partial charge on any atom is -0.479 e. The maximum atomic E-state index is 13.6. The van der Waals surface area contributed by atoms with Gasteiger partial charge in [0.2, 0.25) is 5.96 Å². The standard InChI is InChI=1S/C17H20FN5O/c18-10-3-4-13-12(8-10)14-15(24-13)16(21-17(19)20-14)23-7-6-22-5-1-2-11(22)9-23/h3-4,8,11,14-15H,1-2,5-7,9H2,(H2,19,20). The van der Waals surface area contributed by atoms with Crippen LogP contribution in [0.2, 0.25) is 0 Å². The molecule has 4 aliphatic heterocycles. The van der Waals surface area contributed by atoms with E-state index in [2.05, 4.69) is 19.8 Å². The van der Waals surface area contributed by atoms with Crippen molar-refractivity contribution < 1.29 is 9.13 Å². The Bertz CT molecular complexity index is 748. The number of amidine groups is 1. The van der Waals surface area contributed by atoms with Gasteiger partial charge in [-0.1, -0.05) is 0 Å².